The number of nitrogens with zero attached hydrogens (tertiary/aromatic N) is 2. The quantitative estimate of drug-likeness (QED) is 0.608. The molecule has 1 saturated heterocycles. The first-order valence-corrected chi connectivity index (χ1v) is 9.96. The molecule has 7 nitrogen and oxygen atoms in total. The summed E-state index contributed by atoms with van der Waals surface area (Å²) in [5, 5.41) is 3.16. The highest BCUT2D eigenvalue weighted by molar-refractivity contribution is 5.92. The van der Waals surface area contributed by atoms with Crippen molar-refractivity contribution in [3.63, 3.8) is 0 Å². The lowest BCUT2D eigenvalue weighted by atomic mass is 10.2. The highest BCUT2D eigenvalue weighted by Crippen LogP contribution is 2.32. The van der Waals surface area contributed by atoms with E-state index in [1.54, 1.807) is 0 Å². The third-order valence-corrected chi connectivity index (χ3v) is 5.13. The first-order chi connectivity index (χ1) is 13.7. The summed E-state index contributed by atoms with van der Waals surface area (Å²) in [5.74, 6) is 3.74. The van der Waals surface area contributed by atoms with Crippen LogP contribution in [0.15, 0.2) is 39.7 Å². The van der Waals surface area contributed by atoms with E-state index >= 15 is 0 Å². The number of nitrogens with two attached hydrogens (primary N) is 1. The number of aliphatic imine (C=N–C) groups is 1. The Morgan fingerprint density at radius 1 is 1.11 bits per heavy atom. The number of furan rings is 1. The van der Waals surface area contributed by atoms with Gasteiger partial charge in [-0.15, -0.1) is 0 Å². The summed E-state index contributed by atoms with van der Waals surface area (Å²) in [6.45, 7) is 5.97. The number of anilines is 1. The average molecular weight is 384 g/mol. The van der Waals surface area contributed by atoms with Crippen LogP contribution in [0.4, 0.5) is 5.69 Å². The van der Waals surface area contributed by atoms with E-state index in [4.69, 9.17) is 19.6 Å². The zero-order chi connectivity index (χ0) is 19.3. The molecule has 0 spiro atoms. The van der Waals surface area contributed by atoms with E-state index in [9.17, 15) is 0 Å². The molecule has 150 valence electrons. The Balaban J connectivity index is 1.44. The molecule has 2 aromatic rings. The minimum atomic E-state index is 0.111. The van der Waals surface area contributed by atoms with Gasteiger partial charge >= 0.3 is 0 Å². The van der Waals surface area contributed by atoms with Crippen LogP contribution in [-0.2, 0) is 0 Å². The fraction of sp³-hybridized carbons (Fsp3) is 0.476. The molecule has 0 saturated carbocycles. The van der Waals surface area contributed by atoms with Crippen LogP contribution < -0.4 is 20.5 Å². The number of aryl methyl sites for hydroxylation is 1. The minimum absolute atomic E-state index is 0.111. The van der Waals surface area contributed by atoms with Gasteiger partial charge in [-0.2, -0.15) is 0 Å². The third kappa shape index (κ3) is 4.42. The molecule has 0 bridgehead atoms. The summed E-state index contributed by atoms with van der Waals surface area (Å²) in [7, 11) is 0. The van der Waals surface area contributed by atoms with Crippen LogP contribution in [0, 0.1) is 6.92 Å². The van der Waals surface area contributed by atoms with E-state index in [0.29, 0.717) is 25.7 Å². The second-order valence-electron chi connectivity index (χ2n) is 7.27. The van der Waals surface area contributed by atoms with Gasteiger partial charge in [-0.1, -0.05) is 0 Å². The Bertz CT molecular complexity index is 827. The minimum Gasteiger partial charge on any atom is -0.490 e. The van der Waals surface area contributed by atoms with Crippen LogP contribution in [0.25, 0.3) is 0 Å². The van der Waals surface area contributed by atoms with Crippen LogP contribution in [-0.4, -0.2) is 43.7 Å². The zero-order valence-electron chi connectivity index (χ0n) is 16.3. The molecule has 7 heteroatoms. The highest BCUT2D eigenvalue weighted by Gasteiger charge is 2.25. The second kappa shape index (κ2) is 8.56. The molecule has 1 aromatic carbocycles. The molecule has 0 radical (unpaired) electrons. The summed E-state index contributed by atoms with van der Waals surface area (Å²) in [4.78, 5) is 7.01. The van der Waals surface area contributed by atoms with Gasteiger partial charge in [0.25, 0.3) is 0 Å². The van der Waals surface area contributed by atoms with Crippen molar-refractivity contribution in [3.8, 4) is 11.5 Å². The number of benzene rings is 1. The standard InChI is InChI=1S/C21H28N4O3/c1-15-5-7-18(28-15)17(25-9-2-3-10-25)14-23-21(22)24-16-6-8-19-20(13-16)27-12-4-11-26-19/h5-8,13,17H,2-4,9-12,14H2,1H3,(H3,22,23,24). The Morgan fingerprint density at radius 3 is 2.64 bits per heavy atom. The van der Waals surface area contributed by atoms with Crippen molar-refractivity contribution in [2.24, 2.45) is 10.7 Å². The fourth-order valence-electron chi connectivity index (χ4n) is 3.68. The lowest BCUT2D eigenvalue weighted by Crippen LogP contribution is -2.30. The van der Waals surface area contributed by atoms with Gasteiger partial charge in [0.15, 0.2) is 17.5 Å². The molecule has 2 aliphatic rings. The van der Waals surface area contributed by atoms with E-state index in [0.717, 1.165) is 48.2 Å². The van der Waals surface area contributed by atoms with Gasteiger partial charge in [-0.25, -0.2) is 0 Å². The highest BCUT2D eigenvalue weighted by atomic mass is 16.5. The monoisotopic (exact) mass is 384 g/mol. The number of likely N-dealkylation sites (tertiary alicyclic amines) is 1. The zero-order valence-corrected chi connectivity index (χ0v) is 16.3. The van der Waals surface area contributed by atoms with Crippen molar-refractivity contribution < 1.29 is 13.9 Å². The van der Waals surface area contributed by atoms with E-state index in [-0.39, 0.29) is 6.04 Å². The summed E-state index contributed by atoms with van der Waals surface area (Å²) in [6.07, 6.45) is 3.31. The molecule has 2 aliphatic heterocycles. The summed E-state index contributed by atoms with van der Waals surface area (Å²) in [5.41, 5.74) is 6.99. The first kappa shape index (κ1) is 18.7. The van der Waals surface area contributed by atoms with Crippen LogP contribution in [0.1, 0.15) is 36.8 Å². The number of ether oxygens (including phenoxy) is 2. The summed E-state index contributed by atoms with van der Waals surface area (Å²) < 4.78 is 17.3. The van der Waals surface area contributed by atoms with E-state index in [1.807, 2.05) is 37.3 Å². The smallest absolute Gasteiger partial charge is 0.193 e. The van der Waals surface area contributed by atoms with Crippen molar-refractivity contribution in [1.29, 1.82) is 0 Å². The van der Waals surface area contributed by atoms with E-state index < -0.39 is 0 Å². The predicted molar refractivity (Wildman–Crippen MR) is 109 cm³/mol. The van der Waals surface area contributed by atoms with Crippen molar-refractivity contribution in [1.82, 2.24) is 4.90 Å². The van der Waals surface area contributed by atoms with Gasteiger partial charge in [0.2, 0.25) is 0 Å². The van der Waals surface area contributed by atoms with Gasteiger partial charge in [0.05, 0.1) is 25.8 Å². The number of hydrogen-bond donors (Lipinski definition) is 2. The summed E-state index contributed by atoms with van der Waals surface area (Å²) in [6, 6.07) is 9.87. The van der Waals surface area contributed by atoms with Gasteiger partial charge in [-0.05, 0) is 57.1 Å². The van der Waals surface area contributed by atoms with Crippen molar-refractivity contribution >= 4 is 11.6 Å². The van der Waals surface area contributed by atoms with Gasteiger partial charge in [0, 0.05) is 18.2 Å². The molecule has 3 N–H and O–H groups in total. The molecule has 4 rings (SSSR count). The largest absolute Gasteiger partial charge is 0.490 e. The predicted octanol–water partition coefficient (Wildman–Crippen LogP) is 3.31. The molecule has 1 atom stereocenters. The molecular formula is C21H28N4O3. The molecule has 1 aromatic heterocycles. The number of guanidine groups is 1. The third-order valence-electron chi connectivity index (χ3n) is 5.13. The summed E-state index contributed by atoms with van der Waals surface area (Å²) >= 11 is 0. The Morgan fingerprint density at radius 2 is 1.89 bits per heavy atom. The van der Waals surface area contributed by atoms with Crippen molar-refractivity contribution in [2.45, 2.75) is 32.2 Å². The lowest BCUT2D eigenvalue weighted by molar-refractivity contribution is 0.219. The van der Waals surface area contributed by atoms with Crippen LogP contribution >= 0.6 is 0 Å². The number of hydrogen-bond acceptors (Lipinski definition) is 5. The average Bonchev–Trinajstić information content (AvgIpc) is 3.30. The maximum Gasteiger partial charge on any atom is 0.193 e. The Kier molecular flexibility index (Phi) is 5.71. The maximum absolute atomic E-state index is 6.16. The van der Waals surface area contributed by atoms with E-state index in [1.165, 1.54) is 12.8 Å². The number of fused-ring (bicyclic) bond motifs is 1. The topological polar surface area (TPSA) is 85.2 Å². The number of nitrogens with one attached hydrogen (secondary N) is 1. The van der Waals surface area contributed by atoms with Crippen LogP contribution in [0.5, 0.6) is 11.5 Å². The fourth-order valence-corrected chi connectivity index (χ4v) is 3.68. The first-order valence-electron chi connectivity index (χ1n) is 9.96. The normalized spacial score (nSPS) is 18.7. The van der Waals surface area contributed by atoms with Crippen LogP contribution in [0.2, 0.25) is 0 Å². The van der Waals surface area contributed by atoms with Crippen molar-refractivity contribution in [3.05, 3.63) is 41.9 Å². The van der Waals surface area contributed by atoms with Gasteiger partial charge in [-0.3, -0.25) is 9.89 Å². The molecular weight excluding hydrogens is 356 g/mol. The molecule has 0 aliphatic carbocycles. The Hall–Kier alpha value is -2.67. The molecule has 1 fully saturated rings. The van der Waals surface area contributed by atoms with Gasteiger partial charge < -0.3 is 24.9 Å². The second-order valence-corrected chi connectivity index (χ2v) is 7.27. The molecule has 1 unspecified atom stereocenters. The SMILES string of the molecule is Cc1ccc(C(CN=C(N)Nc2ccc3c(c2)OCCCO3)N2CCCC2)o1. The molecule has 3 heterocycles. The lowest BCUT2D eigenvalue weighted by Gasteiger charge is -2.24. The molecule has 0 amide bonds. The number of rotatable bonds is 5. The maximum atomic E-state index is 6.16. The van der Waals surface area contributed by atoms with Gasteiger partial charge in [0.1, 0.15) is 11.5 Å². The molecule has 28 heavy (non-hydrogen) atoms. The van der Waals surface area contributed by atoms with Crippen LogP contribution in [0.3, 0.4) is 0 Å². The van der Waals surface area contributed by atoms with Crippen molar-refractivity contribution in [2.75, 3.05) is 38.2 Å². The van der Waals surface area contributed by atoms with E-state index in [2.05, 4.69) is 15.2 Å². The Labute approximate surface area is 165 Å².